The van der Waals surface area contributed by atoms with E-state index in [9.17, 15) is 0 Å². The molecule has 4 fully saturated rings. The van der Waals surface area contributed by atoms with Crippen molar-refractivity contribution in [2.24, 2.45) is 0 Å². The molecule has 4 aliphatic heterocycles. The molecule has 0 radical (unpaired) electrons. The summed E-state index contributed by atoms with van der Waals surface area (Å²) in [7, 11) is 0. The van der Waals surface area contributed by atoms with Gasteiger partial charge >= 0.3 is 6.01 Å². The molecule has 7 heterocycles. The van der Waals surface area contributed by atoms with Crippen LogP contribution in [0.15, 0.2) is 42.7 Å². The SMILES string of the molecule is Fc1c(-c2c3ccccc3cc3[nH]ncc23)ncc2c(N3C[C@H]4CC[C@@H](C3)N4)nc(OCC34CCCN3CCC4)nc12. The topological polar surface area (TPSA) is 95.1 Å². The third kappa shape index (κ3) is 3.74. The number of pyridine rings is 1. The molecule has 3 aromatic heterocycles. The number of H-pyrrole nitrogens is 1. The molecule has 5 aromatic rings. The average molecular weight is 565 g/mol. The maximum Gasteiger partial charge on any atom is 0.319 e. The number of halogens is 1. The third-order valence-corrected chi connectivity index (χ3v) is 10.1. The van der Waals surface area contributed by atoms with E-state index in [1.54, 1.807) is 12.4 Å². The molecule has 214 valence electrons. The van der Waals surface area contributed by atoms with Crippen LogP contribution >= 0.6 is 0 Å². The molecule has 0 saturated carbocycles. The summed E-state index contributed by atoms with van der Waals surface area (Å²) in [5.74, 6) is 0.254. The summed E-state index contributed by atoms with van der Waals surface area (Å²) < 4.78 is 23.3. The first-order chi connectivity index (χ1) is 20.6. The molecule has 0 spiro atoms. The Morgan fingerprint density at radius 3 is 2.62 bits per heavy atom. The molecule has 2 bridgehead atoms. The molecule has 9 nitrogen and oxygen atoms in total. The Balaban J connectivity index is 1.21. The average Bonchev–Trinajstić information content (AvgIpc) is 3.79. The summed E-state index contributed by atoms with van der Waals surface area (Å²) in [5, 5.41) is 14.4. The Morgan fingerprint density at radius 2 is 1.79 bits per heavy atom. The number of aromatic amines is 1. The highest BCUT2D eigenvalue weighted by Crippen LogP contribution is 2.41. The number of nitrogens with zero attached hydrogens (tertiary/aromatic N) is 6. The zero-order valence-electron chi connectivity index (χ0n) is 23.4. The zero-order valence-corrected chi connectivity index (χ0v) is 23.4. The van der Waals surface area contributed by atoms with Gasteiger partial charge < -0.3 is 15.0 Å². The van der Waals surface area contributed by atoms with Gasteiger partial charge in [0.2, 0.25) is 0 Å². The van der Waals surface area contributed by atoms with Gasteiger partial charge in [0.05, 0.1) is 22.6 Å². The summed E-state index contributed by atoms with van der Waals surface area (Å²) >= 11 is 0. The molecular formula is C32H33FN8O. The molecule has 4 saturated heterocycles. The summed E-state index contributed by atoms with van der Waals surface area (Å²) in [6, 6.07) is 11.1. The van der Waals surface area contributed by atoms with Gasteiger partial charge in [-0.2, -0.15) is 15.1 Å². The Hall–Kier alpha value is -3.89. The summed E-state index contributed by atoms with van der Waals surface area (Å²) in [6.07, 6.45) is 10.4. The fraction of sp³-hybridized carbons (Fsp3) is 0.438. The van der Waals surface area contributed by atoms with Crippen molar-refractivity contribution in [3.8, 4) is 17.3 Å². The molecule has 0 unspecified atom stereocenters. The van der Waals surface area contributed by atoms with Crippen LogP contribution in [-0.2, 0) is 0 Å². The number of nitrogens with one attached hydrogen (secondary N) is 2. The molecule has 4 aliphatic rings. The number of hydrogen-bond donors (Lipinski definition) is 2. The normalized spacial score (nSPS) is 23.4. The lowest BCUT2D eigenvalue weighted by Crippen LogP contribution is -2.51. The van der Waals surface area contributed by atoms with Crippen LogP contribution in [0.25, 0.3) is 43.8 Å². The summed E-state index contributed by atoms with van der Waals surface area (Å²) in [4.78, 5) is 19.3. The van der Waals surface area contributed by atoms with Crippen LogP contribution in [0, 0.1) is 5.82 Å². The summed E-state index contributed by atoms with van der Waals surface area (Å²) in [5.41, 5.74) is 2.11. The minimum atomic E-state index is -0.459. The lowest BCUT2D eigenvalue weighted by Gasteiger charge is -2.34. The predicted octanol–water partition coefficient (Wildman–Crippen LogP) is 4.81. The standard InChI is InChI=1S/C32H33FN8O/c33-27-28-24(14-34-29(27)26-22-6-2-1-5-19(22)13-25-23(26)15-35-39-25)30(40-16-20-7-8-21(17-40)36-20)38-31(37-28)42-18-32-9-3-11-41(32)12-4-10-32/h1-2,5-6,13-15,20-21,36H,3-4,7-12,16-18H2,(H,35,39)/t20-,21+. The Morgan fingerprint density at radius 1 is 0.976 bits per heavy atom. The van der Waals surface area contributed by atoms with Crippen molar-refractivity contribution in [1.29, 1.82) is 0 Å². The molecule has 0 aliphatic carbocycles. The highest BCUT2D eigenvalue weighted by atomic mass is 19.1. The summed E-state index contributed by atoms with van der Waals surface area (Å²) in [6.45, 7) is 4.41. The lowest BCUT2D eigenvalue weighted by molar-refractivity contribution is 0.108. The van der Waals surface area contributed by atoms with E-state index in [1.165, 1.54) is 12.8 Å². The maximum atomic E-state index is 16.9. The van der Waals surface area contributed by atoms with Gasteiger partial charge in [0.15, 0.2) is 5.82 Å². The van der Waals surface area contributed by atoms with E-state index in [0.717, 1.165) is 73.5 Å². The predicted molar refractivity (Wildman–Crippen MR) is 160 cm³/mol. The Labute approximate surface area is 242 Å². The second-order valence-corrected chi connectivity index (χ2v) is 12.6. The van der Waals surface area contributed by atoms with Crippen molar-refractivity contribution < 1.29 is 9.13 Å². The molecule has 10 heteroatoms. The molecule has 2 atom stereocenters. The van der Waals surface area contributed by atoms with E-state index in [0.29, 0.717) is 35.5 Å². The van der Waals surface area contributed by atoms with Gasteiger partial charge in [-0.25, -0.2) is 4.39 Å². The van der Waals surface area contributed by atoms with Gasteiger partial charge in [-0.05, 0) is 68.5 Å². The minimum Gasteiger partial charge on any atom is -0.461 e. The van der Waals surface area contributed by atoms with Crippen molar-refractivity contribution in [1.82, 2.24) is 35.4 Å². The second-order valence-electron chi connectivity index (χ2n) is 12.6. The van der Waals surface area contributed by atoms with Crippen LogP contribution in [0.1, 0.15) is 38.5 Å². The monoisotopic (exact) mass is 564 g/mol. The Bertz CT molecular complexity index is 1830. The van der Waals surface area contributed by atoms with Gasteiger partial charge in [-0.1, -0.05) is 24.3 Å². The lowest BCUT2D eigenvalue weighted by atomic mass is 9.95. The molecule has 0 amide bonds. The van der Waals surface area contributed by atoms with Crippen LogP contribution in [-0.4, -0.2) is 80.5 Å². The van der Waals surface area contributed by atoms with Crippen molar-refractivity contribution >= 4 is 38.4 Å². The van der Waals surface area contributed by atoms with E-state index >= 15 is 4.39 Å². The van der Waals surface area contributed by atoms with Crippen molar-refractivity contribution in [2.45, 2.75) is 56.1 Å². The molecule has 9 rings (SSSR count). The number of hydrogen-bond acceptors (Lipinski definition) is 8. The minimum absolute atomic E-state index is 0.0461. The smallest absolute Gasteiger partial charge is 0.319 e. The number of rotatable bonds is 5. The quantitative estimate of drug-likeness (QED) is 0.314. The van der Waals surface area contributed by atoms with Crippen LogP contribution in [0.5, 0.6) is 6.01 Å². The Kier molecular flexibility index (Phi) is 5.47. The van der Waals surface area contributed by atoms with E-state index in [-0.39, 0.29) is 22.8 Å². The van der Waals surface area contributed by atoms with Gasteiger partial charge in [-0.15, -0.1) is 0 Å². The third-order valence-electron chi connectivity index (χ3n) is 10.1. The van der Waals surface area contributed by atoms with Crippen molar-refractivity contribution in [3.63, 3.8) is 0 Å². The number of anilines is 1. The van der Waals surface area contributed by atoms with Crippen molar-refractivity contribution in [2.75, 3.05) is 37.7 Å². The van der Waals surface area contributed by atoms with Crippen LogP contribution < -0.4 is 15.0 Å². The highest BCUT2D eigenvalue weighted by Gasteiger charge is 2.45. The van der Waals surface area contributed by atoms with E-state index < -0.39 is 5.82 Å². The fourth-order valence-corrected chi connectivity index (χ4v) is 8.14. The number of piperazine rings is 1. The van der Waals surface area contributed by atoms with Gasteiger partial charge in [0, 0.05) is 42.3 Å². The van der Waals surface area contributed by atoms with E-state index in [1.807, 2.05) is 30.3 Å². The number of benzene rings is 2. The zero-order chi connectivity index (χ0) is 27.8. The first-order valence-corrected chi connectivity index (χ1v) is 15.3. The number of ether oxygens (including phenoxy) is 1. The van der Waals surface area contributed by atoms with Crippen LogP contribution in [0.4, 0.5) is 10.2 Å². The van der Waals surface area contributed by atoms with Gasteiger partial charge in [0.1, 0.15) is 23.6 Å². The van der Waals surface area contributed by atoms with E-state index in [2.05, 4.69) is 25.3 Å². The van der Waals surface area contributed by atoms with Crippen LogP contribution in [0.2, 0.25) is 0 Å². The fourth-order valence-electron chi connectivity index (χ4n) is 8.14. The second kappa shape index (κ2) is 9.31. The molecular weight excluding hydrogens is 531 g/mol. The maximum absolute atomic E-state index is 16.9. The van der Waals surface area contributed by atoms with Crippen molar-refractivity contribution in [3.05, 3.63) is 48.5 Å². The first kappa shape index (κ1) is 24.7. The van der Waals surface area contributed by atoms with Crippen LogP contribution in [0.3, 0.4) is 0 Å². The first-order valence-electron chi connectivity index (χ1n) is 15.3. The molecule has 2 N–H and O–H groups in total. The number of fused-ring (bicyclic) bond motifs is 6. The van der Waals surface area contributed by atoms with E-state index in [4.69, 9.17) is 19.7 Å². The molecule has 2 aromatic carbocycles. The van der Waals surface area contributed by atoms with Gasteiger partial charge in [-0.3, -0.25) is 15.0 Å². The van der Waals surface area contributed by atoms with Gasteiger partial charge in [0.25, 0.3) is 0 Å². The number of aromatic nitrogens is 5. The largest absolute Gasteiger partial charge is 0.461 e. The highest BCUT2D eigenvalue weighted by molar-refractivity contribution is 6.11. The molecule has 42 heavy (non-hydrogen) atoms.